The first-order valence-electron chi connectivity index (χ1n) is 2.64. The van der Waals surface area contributed by atoms with E-state index in [1.165, 1.54) is 0 Å². The number of carbonyl (C=O) groups is 1. The molecule has 0 aliphatic carbocycles. The van der Waals surface area contributed by atoms with Crippen LogP contribution in [0.5, 0.6) is 0 Å². The Morgan fingerprint density at radius 1 is 1.80 bits per heavy atom. The summed E-state index contributed by atoms with van der Waals surface area (Å²) < 4.78 is 0. The molecule has 0 unspecified atom stereocenters. The van der Waals surface area contributed by atoms with E-state index < -0.39 is 12.0 Å². The number of carboxylic acid groups (broad SMARTS) is 1. The molecule has 1 atom stereocenters. The molecule has 0 fully saturated rings. The molecule has 2 N–H and O–H groups in total. The van der Waals surface area contributed by atoms with Gasteiger partial charge >= 0.3 is 17.4 Å². The molecule has 0 spiro atoms. The Hall–Kier alpha value is 0.312. The number of thioether (sulfide) groups is 1. The van der Waals surface area contributed by atoms with Gasteiger partial charge in [0.2, 0.25) is 0 Å². The fourth-order valence-electron chi connectivity index (χ4n) is 0.363. The predicted octanol–water partition coefficient (Wildman–Crippen LogP) is -1.19. The molecule has 0 bridgehead atoms. The Morgan fingerprint density at radius 3 is 2.60 bits per heavy atom. The Morgan fingerprint density at radius 2 is 2.30 bits per heavy atom. The second-order valence-corrected chi connectivity index (χ2v) is 2.69. The molecule has 0 aromatic rings. The van der Waals surface area contributed by atoms with Crippen molar-refractivity contribution in [3.05, 3.63) is 0 Å². The van der Waals surface area contributed by atoms with Crippen LogP contribution < -0.4 is 10.8 Å². The van der Waals surface area contributed by atoms with Gasteiger partial charge in [-0.3, -0.25) is 0 Å². The molecular weight excluding hydrogens is 190 g/mol. The van der Waals surface area contributed by atoms with Crippen LogP contribution in [0.15, 0.2) is 0 Å². The summed E-state index contributed by atoms with van der Waals surface area (Å²) in [7, 11) is 0. The van der Waals surface area contributed by atoms with E-state index >= 15 is 0 Å². The fraction of sp³-hybridized carbons (Fsp3) is 0.800. The van der Waals surface area contributed by atoms with Gasteiger partial charge in [0.1, 0.15) is 0 Å². The van der Waals surface area contributed by atoms with Gasteiger partial charge in [-0.25, -0.2) is 0 Å². The summed E-state index contributed by atoms with van der Waals surface area (Å²) in [5.41, 5.74) is 5.13. The molecule has 0 saturated carbocycles. The number of rotatable bonds is 4. The molecule has 0 aromatic heterocycles. The maximum Gasteiger partial charge on any atom is 3.00 e. The van der Waals surface area contributed by atoms with Crippen LogP contribution in [0.3, 0.4) is 0 Å². The minimum Gasteiger partial charge on any atom is -0.548 e. The first-order valence-corrected chi connectivity index (χ1v) is 4.03. The van der Waals surface area contributed by atoms with Gasteiger partial charge in [0.25, 0.3) is 0 Å². The van der Waals surface area contributed by atoms with Crippen molar-refractivity contribution in [2.24, 2.45) is 5.73 Å². The van der Waals surface area contributed by atoms with Crippen molar-refractivity contribution in [1.82, 2.24) is 0 Å². The first-order chi connectivity index (χ1) is 4.18. The number of hydrogen-bond donors (Lipinski definition) is 1. The number of carboxylic acids is 1. The molecule has 0 aliphatic rings. The molecule has 0 aromatic carbocycles. The van der Waals surface area contributed by atoms with Gasteiger partial charge in [-0.1, -0.05) is 0 Å². The van der Waals surface area contributed by atoms with Crippen LogP contribution in [0.4, 0.5) is 0 Å². The molecule has 57 valence electrons. The Kier molecular flexibility index (Phi) is 9.60. The van der Waals surface area contributed by atoms with Crippen molar-refractivity contribution >= 4 is 17.7 Å². The molecular formula is C5H10CrNO2S+2. The second kappa shape index (κ2) is 7.42. The van der Waals surface area contributed by atoms with E-state index in [2.05, 4.69) is 0 Å². The third kappa shape index (κ3) is 6.43. The molecule has 3 nitrogen and oxygen atoms in total. The second-order valence-electron chi connectivity index (χ2n) is 1.71. The minimum atomic E-state index is -1.16. The molecule has 0 aliphatic heterocycles. The first kappa shape index (κ1) is 12.9. The van der Waals surface area contributed by atoms with Crippen molar-refractivity contribution in [3.63, 3.8) is 0 Å². The summed E-state index contributed by atoms with van der Waals surface area (Å²) in [6.45, 7) is 0. The SMILES string of the molecule is CSCC[C@H](N)C(=O)[O-].[Cr+3]. The number of hydrogen-bond acceptors (Lipinski definition) is 4. The Bertz CT molecular complexity index is 102. The standard InChI is InChI=1S/C5H11NO2S.Cr/c1-9-3-2-4(6)5(7)8;/h4H,2-3,6H2,1H3,(H,7,8);/q;+3/p-1/t4-;/m0./s1. The van der Waals surface area contributed by atoms with Crippen LogP contribution in [0, 0.1) is 0 Å². The van der Waals surface area contributed by atoms with Crippen molar-refractivity contribution in [2.45, 2.75) is 12.5 Å². The minimum absolute atomic E-state index is 0. The average Bonchev–Trinajstić information content (AvgIpc) is 1.82. The smallest absolute Gasteiger partial charge is 0.548 e. The maximum absolute atomic E-state index is 9.96. The van der Waals surface area contributed by atoms with Crippen LogP contribution >= 0.6 is 11.8 Å². The summed E-state index contributed by atoms with van der Waals surface area (Å²) in [4.78, 5) is 9.96. The van der Waals surface area contributed by atoms with Crippen molar-refractivity contribution < 1.29 is 27.3 Å². The van der Waals surface area contributed by atoms with Crippen molar-refractivity contribution in [2.75, 3.05) is 12.0 Å². The molecule has 0 saturated heterocycles. The number of carbonyl (C=O) groups excluding carboxylic acids is 1. The van der Waals surface area contributed by atoms with Gasteiger partial charge in [0.15, 0.2) is 0 Å². The third-order valence-electron chi connectivity index (χ3n) is 0.936. The van der Waals surface area contributed by atoms with Gasteiger partial charge < -0.3 is 15.6 Å². The van der Waals surface area contributed by atoms with E-state index in [9.17, 15) is 9.90 Å². The zero-order valence-electron chi connectivity index (χ0n) is 5.70. The van der Waals surface area contributed by atoms with Crippen molar-refractivity contribution in [3.8, 4) is 0 Å². The fourth-order valence-corrected chi connectivity index (χ4v) is 0.852. The Balaban J connectivity index is 0. The van der Waals surface area contributed by atoms with E-state index in [0.717, 1.165) is 5.75 Å². The van der Waals surface area contributed by atoms with Gasteiger partial charge in [0, 0.05) is 6.04 Å². The van der Waals surface area contributed by atoms with E-state index in [-0.39, 0.29) is 17.4 Å². The van der Waals surface area contributed by atoms with Gasteiger partial charge in [0.05, 0.1) is 5.97 Å². The van der Waals surface area contributed by atoms with Gasteiger partial charge in [-0.2, -0.15) is 11.8 Å². The normalized spacial score (nSPS) is 11.8. The molecule has 0 rings (SSSR count). The summed E-state index contributed by atoms with van der Waals surface area (Å²) in [5.74, 6) is -0.390. The van der Waals surface area contributed by atoms with Crippen LogP contribution in [-0.4, -0.2) is 24.0 Å². The van der Waals surface area contributed by atoms with Gasteiger partial charge in [-0.05, 0) is 18.4 Å². The zero-order valence-corrected chi connectivity index (χ0v) is 7.79. The van der Waals surface area contributed by atoms with E-state index in [1.807, 2.05) is 6.26 Å². The van der Waals surface area contributed by atoms with Crippen LogP contribution in [0.25, 0.3) is 0 Å². The predicted molar refractivity (Wildman–Crippen MR) is 36.0 cm³/mol. The molecule has 0 amide bonds. The topological polar surface area (TPSA) is 66.2 Å². The molecule has 1 radical (unpaired) electrons. The van der Waals surface area contributed by atoms with E-state index in [1.54, 1.807) is 11.8 Å². The van der Waals surface area contributed by atoms with Crippen LogP contribution in [-0.2, 0) is 22.2 Å². The van der Waals surface area contributed by atoms with Gasteiger partial charge in [-0.15, -0.1) is 0 Å². The quantitative estimate of drug-likeness (QED) is 0.620. The summed E-state index contributed by atoms with van der Waals surface area (Å²) in [5, 5.41) is 9.96. The molecule has 0 heterocycles. The zero-order chi connectivity index (χ0) is 7.28. The maximum atomic E-state index is 9.96. The summed E-state index contributed by atoms with van der Waals surface area (Å²) in [6, 6.07) is -0.794. The molecule has 5 heteroatoms. The average molecular weight is 200 g/mol. The summed E-state index contributed by atoms with van der Waals surface area (Å²) in [6.07, 6.45) is 2.39. The third-order valence-corrected chi connectivity index (χ3v) is 1.58. The number of nitrogens with two attached hydrogens (primary N) is 1. The molecule has 10 heavy (non-hydrogen) atoms. The van der Waals surface area contributed by atoms with Crippen LogP contribution in [0.1, 0.15) is 6.42 Å². The summed E-state index contributed by atoms with van der Waals surface area (Å²) >= 11 is 1.58. The van der Waals surface area contributed by atoms with Crippen LogP contribution in [0.2, 0.25) is 0 Å². The number of aliphatic carboxylic acids is 1. The Labute approximate surface area is 75.5 Å². The monoisotopic (exact) mass is 200 g/mol. The largest absolute Gasteiger partial charge is 3.00 e. The van der Waals surface area contributed by atoms with E-state index in [0.29, 0.717) is 6.42 Å². The van der Waals surface area contributed by atoms with E-state index in [4.69, 9.17) is 5.73 Å². The van der Waals surface area contributed by atoms with Crippen molar-refractivity contribution in [1.29, 1.82) is 0 Å².